The number of rotatable bonds is 11. The number of non-ortho nitro benzene ring substituents is 1. The van der Waals surface area contributed by atoms with E-state index in [1.807, 2.05) is 6.92 Å². The van der Waals surface area contributed by atoms with Crippen LogP contribution in [-0.4, -0.2) is 39.9 Å². The highest BCUT2D eigenvalue weighted by molar-refractivity contribution is 9.10. The number of nitro groups is 1. The van der Waals surface area contributed by atoms with Crippen molar-refractivity contribution < 1.29 is 30.7 Å². The Hall–Kier alpha value is -3.66. The Kier molecular flexibility index (Phi) is 9.78. The third kappa shape index (κ3) is 7.94. The molecule has 0 fully saturated rings. The van der Waals surface area contributed by atoms with Gasteiger partial charge in [0.2, 0.25) is 10.0 Å². The molecule has 3 aromatic carbocycles. The minimum atomic E-state index is -4.47. The lowest BCUT2D eigenvalue weighted by atomic mass is 10.1. The highest BCUT2D eigenvalue weighted by Crippen LogP contribution is 2.26. The lowest BCUT2D eigenvalue weighted by molar-refractivity contribution is -0.385. The van der Waals surface area contributed by atoms with Gasteiger partial charge in [-0.05, 0) is 49.2 Å². The molecule has 0 saturated heterocycles. The molecular weight excluding hydrogens is 628 g/mol. The van der Waals surface area contributed by atoms with Gasteiger partial charge in [-0.15, -0.1) is 0 Å². The van der Waals surface area contributed by atoms with Gasteiger partial charge in [0, 0.05) is 22.2 Å². The van der Waals surface area contributed by atoms with Crippen molar-refractivity contribution in [2.24, 2.45) is 11.0 Å². The number of nitrogens with zero attached hydrogens (tertiary/aromatic N) is 2. The highest BCUT2D eigenvalue weighted by atomic mass is 79.9. The number of hydrogen-bond donors (Lipinski definition) is 2. The van der Waals surface area contributed by atoms with Gasteiger partial charge in [-0.3, -0.25) is 14.9 Å². The summed E-state index contributed by atoms with van der Waals surface area (Å²) in [6.45, 7) is 5.13. The van der Waals surface area contributed by atoms with Crippen LogP contribution in [0.2, 0.25) is 0 Å². The Morgan fingerprint density at radius 2 is 1.70 bits per heavy atom. The Labute approximate surface area is 239 Å². The van der Waals surface area contributed by atoms with Crippen molar-refractivity contribution in [1.29, 1.82) is 0 Å². The van der Waals surface area contributed by atoms with E-state index in [4.69, 9.17) is 4.18 Å². The van der Waals surface area contributed by atoms with Crippen molar-refractivity contribution in [3.63, 3.8) is 0 Å². The fraction of sp³-hybridized carbons (Fsp3) is 0.200. The predicted octanol–water partition coefficient (Wildman–Crippen LogP) is 3.89. The van der Waals surface area contributed by atoms with Gasteiger partial charge in [0.1, 0.15) is 10.9 Å². The first-order chi connectivity index (χ1) is 18.7. The van der Waals surface area contributed by atoms with Crippen LogP contribution < -0.4 is 14.3 Å². The Morgan fingerprint density at radius 1 is 1.02 bits per heavy atom. The van der Waals surface area contributed by atoms with Crippen molar-refractivity contribution in [1.82, 2.24) is 10.1 Å². The van der Waals surface area contributed by atoms with Gasteiger partial charge >= 0.3 is 10.1 Å². The topological polar surface area (TPSA) is 174 Å². The van der Waals surface area contributed by atoms with Crippen LogP contribution in [0, 0.1) is 23.0 Å². The molecule has 0 aromatic heterocycles. The molecule has 0 bridgehead atoms. The number of halogens is 1. The van der Waals surface area contributed by atoms with Gasteiger partial charge in [0.25, 0.3) is 11.6 Å². The molecule has 40 heavy (non-hydrogen) atoms. The van der Waals surface area contributed by atoms with Gasteiger partial charge < -0.3 is 4.18 Å². The molecule has 15 heteroatoms. The minimum absolute atomic E-state index is 0.000866. The van der Waals surface area contributed by atoms with E-state index in [1.54, 1.807) is 26.0 Å². The molecular formula is C25H25BrN4O8S2. The van der Waals surface area contributed by atoms with Gasteiger partial charge in [-0.25, -0.2) is 13.8 Å². The van der Waals surface area contributed by atoms with Crippen LogP contribution in [-0.2, 0) is 24.9 Å². The van der Waals surface area contributed by atoms with E-state index in [0.29, 0.717) is 4.47 Å². The first-order valence-electron chi connectivity index (χ1n) is 11.6. The number of nitrogens with one attached hydrogen (secondary N) is 2. The second-order valence-corrected chi connectivity index (χ2v) is 13.0. The zero-order valence-electron chi connectivity index (χ0n) is 21.4. The number of amides is 1. The normalized spacial score (nSPS) is 12.8. The van der Waals surface area contributed by atoms with E-state index in [2.05, 4.69) is 31.2 Å². The number of carbonyl (C=O) groups is 1. The second-order valence-electron chi connectivity index (χ2n) is 8.86. The molecule has 0 aliphatic heterocycles. The van der Waals surface area contributed by atoms with Crippen molar-refractivity contribution in [3.05, 3.63) is 92.4 Å². The van der Waals surface area contributed by atoms with Gasteiger partial charge in [-0.2, -0.15) is 18.2 Å². The fourth-order valence-electron chi connectivity index (χ4n) is 3.29. The average molecular weight is 654 g/mol. The van der Waals surface area contributed by atoms with E-state index in [0.717, 1.165) is 30.0 Å². The molecule has 0 spiro atoms. The van der Waals surface area contributed by atoms with Gasteiger partial charge in [-0.1, -0.05) is 53.5 Å². The Balaban J connectivity index is 1.80. The number of sulfonamides is 1. The number of aryl methyl sites for hydroxylation is 1. The molecule has 0 aliphatic rings. The summed E-state index contributed by atoms with van der Waals surface area (Å²) in [5.41, 5.74) is 2.84. The molecule has 0 radical (unpaired) electrons. The SMILES string of the molecule is Cc1ccc(S(=O)(=O)N[C@H](C(=O)N/N=C\c2cc(Br)ccc2OS(=O)(=O)c2cccc([N+](=O)[O-])c2)C(C)C)cc1. The lowest BCUT2D eigenvalue weighted by Gasteiger charge is -2.20. The first-order valence-corrected chi connectivity index (χ1v) is 15.3. The van der Waals surface area contributed by atoms with E-state index in [9.17, 15) is 31.7 Å². The molecule has 12 nitrogen and oxygen atoms in total. The van der Waals surface area contributed by atoms with Crippen LogP contribution in [0.15, 0.2) is 86.1 Å². The molecule has 1 amide bonds. The van der Waals surface area contributed by atoms with Crippen molar-refractivity contribution >= 4 is 53.9 Å². The van der Waals surface area contributed by atoms with Crippen LogP contribution in [0.4, 0.5) is 5.69 Å². The maximum Gasteiger partial charge on any atom is 0.339 e. The molecule has 0 saturated carbocycles. The summed E-state index contributed by atoms with van der Waals surface area (Å²) in [7, 11) is -8.47. The summed E-state index contributed by atoms with van der Waals surface area (Å²) in [6, 6.07) is 13.6. The first kappa shape index (κ1) is 30.9. The predicted molar refractivity (Wildman–Crippen MR) is 151 cm³/mol. The maximum atomic E-state index is 12.8. The third-order valence-electron chi connectivity index (χ3n) is 5.43. The van der Waals surface area contributed by atoms with E-state index < -0.39 is 53.5 Å². The number of hydrogen-bond acceptors (Lipinski definition) is 9. The van der Waals surface area contributed by atoms with E-state index in [1.165, 1.54) is 36.4 Å². The Bertz CT molecular complexity index is 1660. The molecule has 3 rings (SSSR count). The molecule has 212 valence electrons. The minimum Gasteiger partial charge on any atom is -0.378 e. The van der Waals surface area contributed by atoms with E-state index in [-0.39, 0.29) is 16.2 Å². The summed E-state index contributed by atoms with van der Waals surface area (Å²) < 4.78 is 59.3. The van der Waals surface area contributed by atoms with Crippen molar-refractivity contribution in [2.75, 3.05) is 0 Å². The highest BCUT2D eigenvalue weighted by Gasteiger charge is 2.28. The zero-order chi connectivity index (χ0) is 29.7. The number of hydrazone groups is 1. The summed E-state index contributed by atoms with van der Waals surface area (Å²) >= 11 is 3.26. The van der Waals surface area contributed by atoms with Crippen LogP contribution in [0.1, 0.15) is 25.0 Å². The van der Waals surface area contributed by atoms with E-state index >= 15 is 0 Å². The monoisotopic (exact) mass is 652 g/mol. The molecule has 0 heterocycles. The zero-order valence-corrected chi connectivity index (χ0v) is 24.7. The van der Waals surface area contributed by atoms with Crippen molar-refractivity contribution in [3.8, 4) is 5.75 Å². The van der Waals surface area contributed by atoms with Gasteiger partial charge in [0.05, 0.1) is 16.0 Å². The molecule has 3 aromatic rings. The van der Waals surface area contributed by atoms with Crippen LogP contribution in [0.3, 0.4) is 0 Å². The maximum absolute atomic E-state index is 12.8. The summed E-state index contributed by atoms with van der Waals surface area (Å²) in [5.74, 6) is -1.36. The summed E-state index contributed by atoms with van der Waals surface area (Å²) in [5, 5.41) is 14.9. The van der Waals surface area contributed by atoms with Crippen LogP contribution >= 0.6 is 15.9 Å². The molecule has 0 aliphatic carbocycles. The summed E-state index contributed by atoms with van der Waals surface area (Å²) in [6.07, 6.45) is 1.12. The molecule has 1 atom stereocenters. The third-order valence-corrected chi connectivity index (χ3v) is 8.61. The van der Waals surface area contributed by atoms with Crippen LogP contribution in [0.5, 0.6) is 5.75 Å². The number of carbonyl (C=O) groups excluding carboxylic acids is 1. The standard InChI is InChI=1S/C25H25BrN4O8S2/c1-16(2)24(29-39(34,35)21-10-7-17(3)8-11-21)25(31)28-27-15-18-13-19(26)9-12-23(18)38-40(36,37)22-6-4-5-20(14-22)30(32)33/h4-16,24,29H,1-3H3,(H,28,31)/b27-15-/t24-/m0/s1. The number of nitro benzene ring substituents is 1. The quantitative estimate of drug-likeness (QED) is 0.136. The van der Waals surface area contributed by atoms with Gasteiger partial charge in [0.15, 0.2) is 5.75 Å². The largest absolute Gasteiger partial charge is 0.378 e. The molecule has 2 N–H and O–H groups in total. The summed E-state index contributed by atoms with van der Waals surface area (Å²) in [4.78, 5) is 22.7. The van der Waals surface area contributed by atoms with Crippen LogP contribution in [0.25, 0.3) is 0 Å². The fourth-order valence-corrected chi connectivity index (χ4v) is 6.01. The molecule has 0 unspecified atom stereocenters. The number of benzene rings is 3. The average Bonchev–Trinajstić information content (AvgIpc) is 2.89. The lowest BCUT2D eigenvalue weighted by Crippen LogP contribution is -2.48. The smallest absolute Gasteiger partial charge is 0.339 e. The second kappa shape index (κ2) is 12.7. The Morgan fingerprint density at radius 3 is 2.33 bits per heavy atom. The van der Waals surface area contributed by atoms with Crippen molar-refractivity contribution in [2.45, 2.75) is 36.6 Å².